The highest BCUT2D eigenvalue weighted by Crippen LogP contribution is 2.15. The van der Waals surface area contributed by atoms with E-state index in [1.165, 1.54) is 0 Å². The molecule has 25 heavy (non-hydrogen) atoms. The highest BCUT2D eigenvalue weighted by Gasteiger charge is 2.12. The van der Waals surface area contributed by atoms with Crippen molar-refractivity contribution in [1.29, 1.82) is 0 Å². The minimum absolute atomic E-state index is 0.170. The SMILES string of the molecule is Cc1nc(Cn2cc(C(=O)NCc3c(C)cc(N)nc3C)cn2)cs1. The van der Waals surface area contributed by atoms with Crippen LogP contribution in [-0.4, -0.2) is 25.7 Å². The molecule has 0 aliphatic rings. The molecule has 0 aliphatic heterocycles. The summed E-state index contributed by atoms with van der Waals surface area (Å²) in [6.45, 7) is 6.77. The third-order valence-electron chi connectivity index (χ3n) is 3.89. The fourth-order valence-electron chi connectivity index (χ4n) is 2.64. The number of carbonyl (C=O) groups is 1. The lowest BCUT2D eigenvalue weighted by atomic mass is 10.1. The number of hydrogen-bond donors (Lipinski definition) is 2. The Balaban J connectivity index is 1.64. The second-order valence-corrected chi connectivity index (χ2v) is 6.96. The van der Waals surface area contributed by atoms with Crippen LogP contribution in [0.5, 0.6) is 0 Å². The number of carbonyl (C=O) groups excluding carboxylic acids is 1. The summed E-state index contributed by atoms with van der Waals surface area (Å²) >= 11 is 1.60. The van der Waals surface area contributed by atoms with Crippen molar-refractivity contribution in [3.63, 3.8) is 0 Å². The van der Waals surface area contributed by atoms with Gasteiger partial charge in [-0.05, 0) is 38.0 Å². The minimum atomic E-state index is -0.170. The molecule has 1 amide bonds. The van der Waals surface area contributed by atoms with Gasteiger partial charge in [0.25, 0.3) is 5.91 Å². The average molecular weight is 356 g/mol. The summed E-state index contributed by atoms with van der Waals surface area (Å²) in [7, 11) is 0. The molecular weight excluding hydrogens is 336 g/mol. The lowest BCUT2D eigenvalue weighted by Crippen LogP contribution is -2.23. The van der Waals surface area contributed by atoms with E-state index in [4.69, 9.17) is 5.73 Å². The molecular formula is C17H20N6OS. The van der Waals surface area contributed by atoms with Crippen LogP contribution < -0.4 is 11.1 Å². The van der Waals surface area contributed by atoms with Crippen LogP contribution in [0, 0.1) is 20.8 Å². The molecule has 0 saturated heterocycles. The van der Waals surface area contributed by atoms with Gasteiger partial charge in [-0.3, -0.25) is 9.48 Å². The number of thiazole rings is 1. The summed E-state index contributed by atoms with van der Waals surface area (Å²) < 4.78 is 1.71. The van der Waals surface area contributed by atoms with Crippen LogP contribution >= 0.6 is 11.3 Å². The number of anilines is 1. The van der Waals surface area contributed by atoms with Gasteiger partial charge < -0.3 is 11.1 Å². The summed E-state index contributed by atoms with van der Waals surface area (Å²) in [5.41, 5.74) is 10.0. The van der Waals surface area contributed by atoms with Crippen molar-refractivity contribution in [2.24, 2.45) is 0 Å². The first kappa shape index (κ1) is 17.1. The van der Waals surface area contributed by atoms with Gasteiger partial charge in [-0.15, -0.1) is 11.3 Å². The number of hydrogen-bond acceptors (Lipinski definition) is 6. The molecule has 7 nitrogen and oxygen atoms in total. The van der Waals surface area contributed by atoms with Gasteiger partial charge in [0, 0.05) is 23.8 Å². The van der Waals surface area contributed by atoms with Crippen molar-refractivity contribution >= 4 is 23.1 Å². The number of nitrogens with zero attached hydrogens (tertiary/aromatic N) is 4. The van der Waals surface area contributed by atoms with E-state index in [0.29, 0.717) is 24.5 Å². The second kappa shape index (κ2) is 7.02. The first-order valence-corrected chi connectivity index (χ1v) is 8.74. The molecule has 0 unspecified atom stereocenters. The van der Waals surface area contributed by atoms with Gasteiger partial charge in [-0.1, -0.05) is 0 Å². The van der Waals surface area contributed by atoms with Crippen LogP contribution in [0.15, 0.2) is 23.8 Å². The zero-order valence-electron chi connectivity index (χ0n) is 14.4. The lowest BCUT2D eigenvalue weighted by molar-refractivity contribution is 0.0950. The molecule has 3 aromatic heterocycles. The van der Waals surface area contributed by atoms with Gasteiger partial charge in [0.15, 0.2) is 0 Å². The predicted octanol–water partition coefficient (Wildman–Crippen LogP) is 2.22. The number of nitrogens with one attached hydrogen (secondary N) is 1. The number of amides is 1. The summed E-state index contributed by atoms with van der Waals surface area (Å²) in [5, 5.41) is 10.2. The number of pyridine rings is 1. The van der Waals surface area contributed by atoms with Crippen LogP contribution in [0.1, 0.15) is 37.9 Å². The van der Waals surface area contributed by atoms with Crippen LogP contribution in [0.25, 0.3) is 0 Å². The third kappa shape index (κ3) is 4.03. The maximum absolute atomic E-state index is 12.4. The molecule has 0 aliphatic carbocycles. The Hall–Kier alpha value is -2.74. The highest BCUT2D eigenvalue weighted by molar-refractivity contribution is 7.09. The average Bonchev–Trinajstić information content (AvgIpc) is 3.15. The molecule has 8 heteroatoms. The van der Waals surface area contributed by atoms with E-state index in [-0.39, 0.29) is 5.91 Å². The fraction of sp³-hybridized carbons (Fsp3) is 0.294. The molecule has 3 rings (SSSR count). The minimum Gasteiger partial charge on any atom is -0.384 e. The molecule has 0 fully saturated rings. The van der Waals surface area contributed by atoms with E-state index in [9.17, 15) is 4.79 Å². The van der Waals surface area contributed by atoms with Gasteiger partial charge in [0.2, 0.25) is 0 Å². The zero-order valence-corrected chi connectivity index (χ0v) is 15.2. The molecule has 0 bridgehead atoms. The van der Waals surface area contributed by atoms with Crippen LogP contribution in [0.4, 0.5) is 5.82 Å². The maximum atomic E-state index is 12.4. The number of aryl methyl sites for hydroxylation is 3. The lowest BCUT2D eigenvalue weighted by Gasteiger charge is -2.10. The Kier molecular flexibility index (Phi) is 4.80. The third-order valence-corrected chi connectivity index (χ3v) is 4.71. The second-order valence-electron chi connectivity index (χ2n) is 5.90. The van der Waals surface area contributed by atoms with E-state index in [2.05, 4.69) is 20.4 Å². The number of aromatic nitrogens is 4. The van der Waals surface area contributed by atoms with E-state index in [0.717, 1.165) is 27.5 Å². The molecule has 0 spiro atoms. The Morgan fingerprint density at radius 1 is 1.32 bits per heavy atom. The molecule has 0 aromatic carbocycles. The summed E-state index contributed by atoms with van der Waals surface area (Å²) in [6, 6.07) is 1.81. The van der Waals surface area contributed by atoms with Crippen LogP contribution in [0.2, 0.25) is 0 Å². The monoisotopic (exact) mass is 356 g/mol. The zero-order chi connectivity index (χ0) is 18.0. The largest absolute Gasteiger partial charge is 0.384 e. The molecule has 0 saturated carbocycles. The van der Waals surface area contributed by atoms with Crippen molar-refractivity contribution in [3.8, 4) is 0 Å². The highest BCUT2D eigenvalue weighted by atomic mass is 32.1. The number of nitrogen functional groups attached to an aromatic ring is 1. The normalized spacial score (nSPS) is 10.8. The van der Waals surface area contributed by atoms with Crippen LogP contribution in [-0.2, 0) is 13.1 Å². The van der Waals surface area contributed by atoms with E-state index < -0.39 is 0 Å². The molecule has 0 atom stereocenters. The Labute approximate surface area is 149 Å². The predicted molar refractivity (Wildman–Crippen MR) is 97.5 cm³/mol. The summed E-state index contributed by atoms with van der Waals surface area (Å²) in [5.74, 6) is 0.319. The number of nitrogens with two attached hydrogens (primary N) is 1. The first-order valence-electron chi connectivity index (χ1n) is 7.86. The quantitative estimate of drug-likeness (QED) is 0.730. The van der Waals surface area contributed by atoms with Gasteiger partial charge in [0.1, 0.15) is 5.82 Å². The molecule has 0 radical (unpaired) electrons. The topological polar surface area (TPSA) is 98.7 Å². The molecule has 3 N–H and O–H groups in total. The van der Waals surface area contributed by atoms with Crippen molar-refractivity contribution in [2.45, 2.75) is 33.9 Å². The van der Waals surface area contributed by atoms with Gasteiger partial charge in [-0.25, -0.2) is 9.97 Å². The van der Waals surface area contributed by atoms with Gasteiger partial charge >= 0.3 is 0 Å². The molecule has 3 heterocycles. The first-order chi connectivity index (χ1) is 11.9. The number of rotatable bonds is 5. The van der Waals surface area contributed by atoms with E-state index in [1.54, 1.807) is 28.4 Å². The van der Waals surface area contributed by atoms with Crippen LogP contribution in [0.3, 0.4) is 0 Å². The Morgan fingerprint density at radius 2 is 2.12 bits per heavy atom. The Morgan fingerprint density at radius 3 is 2.80 bits per heavy atom. The van der Waals surface area contributed by atoms with Crippen molar-refractivity contribution in [2.75, 3.05) is 5.73 Å². The van der Waals surface area contributed by atoms with Gasteiger partial charge in [-0.2, -0.15) is 5.10 Å². The molecule has 3 aromatic rings. The summed E-state index contributed by atoms with van der Waals surface area (Å²) in [6.07, 6.45) is 3.29. The van der Waals surface area contributed by atoms with Gasteiger partial charge in [0.05, 0.1) is 29.0 Å². The fourth-order valence-corrected chi connectivity index (χ4v) is 3.24. The summed E-state index contributed by atoms with van der Waals surface area (Å²) in [4.78, 5) is 21.0. The Bertz CT molecular complexity index is 891. The maximum Gasteiger partial charge on any atom is 0.254 e. The van der Waals surface area contributed by atoms with Crippen molar-refractivity contribution in [3.05, 3.63) is 56.9 Å². The van der Waals surface area contributed by atoms with Crippen molar-refractivity contribution in [1.82, 2.24) is 25.1 Å². The van der Waals surface area contributed by atoms with E-state index >= 15 is 0 Å². The smallest absolute Gasteiger partial charge is 0.254 e. The molecule has 130 valence electrons. The standard InChI is InChI=1S/C17H20N6OS/c1-10-4-16(18)21-11(2)15(10)6-19-17(24)13-5-20-23(7-13)8-14-9-25-12(3)22-14/h4-5,7,9H,6,8H2,1-3H3,(H2,18,21)(H,19,24). The van der Waals surface area contributed by atoms with E-state index in [1.807, 2.05) is 32.2 Å². The van der Waals surface area contributed by atoms with Crippen molar-refractivity contribution < 1.29 is 4.79 Å².